The molecule has 1 aromatic carbocycles. The summed E-state index contributed by atoms with van der Waals surface area (Å²) < 4.78 is 5.50. The fourth-order valence-electron chi connectivity index (χ4n) is 1.60. The van der Waals surface area contributed by atoms with E-state index in [1.165, 1.54) is 0 Å². The number of hydrogen-bond acceptors (Lipinski definition) is 2. The summed E-state index contributed by atoms with van der Waals surface area (Å²) in [7, 11) is 0. The summed E-state index contributed by atoms with van der Waals surface area (Å²) in [6, 6.07) is 6.17. The molecule has 1 unspecified atom stereocenters. The summed E-state index contributed by atoms with van der Waals surface area (Å²) in [6.07, 6.45) is 6.88. The van der Waals surface area contributed by atoms with Crippen molar-refractivity contribution in [3.63, 3.8) is 0 Å². The van der Waals surface area contributed by atoms with Gasteiger partial charge in [-0.1, -0.05) is 24.6 Å². The Morgan fingerprint density at radius 3 is 2.89 bits per heavy atom. The minimum atomic E-state index is 0.294. The van der Waals surface area contributed by atoms with Gasteiger partial charge in [-0.3, -0.25) is 0 Å². The standard InChI is InChI=1S/C15H20ClNO/c1-4-6-10-18-15-8-7-13(11-14(15)16)12(3)17-9-5-2/h1,7-8,11-12,17H,5-6,9-10H2,2-3H3. The maximum atomic E-state index is 6.18. The largest absolute Gasteiger partial charge is 0.491 e. The quantitative estimate of drug-likeness (QED) is 0.598. The summed E-state index contributed by atoms with van der Waals surface area (Å²) in [5.41, 5.74) is 1.16. The lowest BCUT2D eigenvalue weighted by molar-refractivity contribution is 0.327. The van der Waals surface area contributed by atoms with E-state index in [1.54, 1.807) is 0 Å². The van der Waals surface area contributed by atoms with Gasteiger partial charge in [0, 0.05) is 12.5 Å². The molecule has 0 aliphatic rings. The maximum Gasteiger partial charge on any atom is 0.137 e. The number of terminal acetylenes is 1. The molecule has 18 heavy (non-hydrogen) atoms. The first kappa shape index (κ1) is 14.9. The molecule has 0 fully saturated rings. The molecule has 3 heteroatoms. The third-order valence-corrected chi connectivity index (χ3v) is 2.96. The molecule has 0 bridgehead atoms. The molecule has 0 aliphatic carbocycles. The highest BCUT2D eigenvalue weighted by molar-refractivity contribution is 6.32. The van der Waals surface area contributed by atoms with Crippen LogP contribution in [0, 0.1) is 12.3 Å². The zero-order valence-electron chi connectivity index (χ0n) is 11.0. The van der Waals surface area contributed by atoms with Crippen molar-refractivity contribution in [1.29, 1.82) is 0 Å². The van der Waals surface area contributed by atoms with Gasteiger partial charge >= 0.3 is 0 Å². The molecular formula is C15H20ClNO. The van der Waals surface area contributed by atoms with Crippen molar-refractivity contribution in [1.82, 2.24) is 5.32 Å². The Balaban J connectivity index is 2.64. The van der Waals surface area contributed by atoms with E-state index in [4.69, 9.17) is 22.8 Å². The number of benzene rings is 1. The van der Waals surface area contributed by atoms with Gasteiger partial charge in [0.25, 0.3) is 0 Å². The van der Waals surface area contributed by atoms with Crippen LogP contribution < -0.4 is 10.1 Å². The fourth-order valence-corrected chi connectivity index (χ4v) is 1.85. The molecule has 2 nitrogen and oxygen atoms in total. The number of halogens is 1. The van der Waals surface area contributed by atoms with Crippen molar-refractivity contribution in [2.75, 3.05) is 13.2 Å². The fraction of sp³-hybridized carbons (Fsp3) is 0.467. The van der Waals surface area contributed by atoms with E-state index in [-0.39, 0.29) is 0 Å². The van der Waals surface area contributed by atoms with E-state index in [0.717, 1.165) is 18.5 Å². The van der Waals surface area contributed by atoms with E-state index in [2.05, 4.69) is 25.1 Å². The Kier molecular flexibility index (Phi) is 6.64. The third kappa shape index (κ3) is 4.60. The molecule has 0 saturated carbocycles. The Labute approximate surface area is 115 Å². The van der Waals surface area contributed by atoms with Gasteiger partial charge in [0.05, 0.1) is 11.6 Å². The molecule has 1 atom stereocenters. The second kappa shape index (κ2) is 8.02. The van der Waals surface area contributed by atoms with Crippen molar-refractivity contribution in [3.8, 4) is 18.1 Å². The number of rotatable bonds is 7. The highest BCUT2D eigenvalue weighted by Crippen LogP contribution is 2.28. The van der Waals surface area contributed by atoms with Gasteiger partial charge in [-0.25, -0.2) is 0 Å². The average Bonchev–Trinajstić information content (AvgIpc) is 2.38. The monoisotopic (exact) mass is 265 g/mol. The normalized spacial score (nSPS) is 11.9. The smallest absolute Gasteiger partial charge is 0.137 e. The van der Waals surface area contributed by atoms with Gasteiger partial charge in [-0.2, -0.15) is 0 Å². The summed E-state index contributed by atoms with van der Waals surface area (Å²) in [5.74, 6) is 3.23. The van der Waals surface area contributed by atoms with Crippen LogP contribution in [-0.2, 0) is 0 Å². The van der Waals surface area contributed by atoms with E-state index < -0.39 is 0 Å². The molecule has 98 valence electrons. The zero-order valence-corrected chi connectivity index (χ0v) is 11.8. The van der Waals surface area contributed by atoms with Gasteiger partial charge in [-0.15, -0.1) is 12.3 Å². The third-order valence-electron chi connectivity index (χ3n) is 2.66. The Morgan fingerprint density at radius 2 is 2.28 bits per heavy atom. The lowest BCUT2D eigenvalue weighted by atomic mass is 10.1. The van der Waals surface area contributed by atoms with Crippen molar-refractivity contribution in [2.24, 2.45) is 0 Å². The number of nitrogens with one attached hydrogen (secondary N) is 1. The molecule has 0 aliphatic heterocycles. The molecule has 0 heterocycles. The van der Waals surface area contributed by atoms with Gasteiger partial charge in [0.2, 0.25) is 0 Å². The summed E-state index contributed by atoms with van der Waals surface area (Å²) in [4.78, 5) is 0. The van der Waals surface area contributed by atoms with Crippen LogP contribution in [0.1, 0.15) is 38.3 Å². The Bertz CT molecular complexity index is 411. The highest BCUT2D eigenvalue weighted by Gasteiger charge is 2.08. The van der Waals surface area contributed by atoms with Crippen molar-refractivity contribution >= 4 is 11.6 Å². The first-order valence-electron chi connectivity index (χ1n) is 6.28. The van der Waals surface area contributed by atoms with Crippen LogP contribution >= 0.6 is 11.6 Å². The van der Waals surface area contributed by atoms with Crippen molar-refractivity contribution < 1.29 is 4.74 Å². The topological polar surface area (TPSA) is 21.3 Å². The summed E-state index contributed by atoms with van der Waals surface area (Å²) >= 11 is 6.18. The van der Waals surface area contributed by atoms with Crippen LogP contribution in [0.25, 0.3) is 0 Å². The van der Waals surface area contributed by atoms with Gasteiger partial charge < -0.3 is 10.1 Å². The van der Waals surface area contributed by atoms with Crippen LogP contribution in [0.3, 0.4) is 0 Å². The molecule has 0 saturated heterocycles. The van der Waals surface area contributed by atoms with Crippen LogP contribution in [0.2, 0.25) is 5.02 Å². The van der Waals surface area contributed by atoms with Crippen LogP contribution in [0.5, 0.6) is 5.75 Å². The summed E-state index contributed by atoms with van der Waals surface area (Å²) in [5, 5.41) is 4.06. The number of hydrogen-bond donors (Lipinski definition) is 1. The molecule has 1 rings (SSSR count). The molecule has 0 spiro atoms. The zero-order chi connectivity index (χ0) is 13.4. The first-order valence-corrected chi connectivity index (χ1v) is 6.66. The van der Waals surface area contributed by atoms with Crippen molar-refractivity contribution in [3.05, 3.63) is 28.8 Å². The van der Waals surface area contributed by atoms with Crippen LogP contribution in [0.15, 0.2) is 18.2 Å². The minimum Gasteiger partial charge on any atom is -0.491 e. The average molecular weight is 266 g/mol. The van der Waals surface area contributed by atoms with E-state index in [9.17, 15) is 0 Å². The second-order valence-electron chi connectivity index (χ2n) is 4.17. The van der Waals surface area contributed by atoms with E-state index in [1.807, 2.05) is 18.2 Å². The lowest BCUT2D eigenvalue weighted by Crippen LogP contribution is -2.19. The van der Waals surface area contributed by atoms with Crippen LogP contribution in [0.4, 0.5) is 0 Å². The molecule has 0 aromatic heterocycles. The maximum absolute atomic E-state index is 6.18. The molecule has 0 amide bonds. The van der Waals surface area contributed by atoms with Crippen molar-refractivity contribution in [2.45, 2.75) is 32.7 Å². The highest BCUT2D eigenvalue weighted by atomic mass is 35.5. The first-order chi connectivity index (χ1) is 8.69. The second-order valence-corrected chi connectivity index (χ2v) is 4.58. The van der Waals surface area contributed by atoms with Crippen LogP contribution in [-0.4, -0.2) is 13.2 Å². The minimum absolute atomic E-state index is 0.294. The predicted molar refractivity (Wildman–Crippen MR) is 77.1 cm³/mol. The molecule has 1 N–H and O–H groups in total. The SMILES string of the molecule is C#CCCOc1ccc(C(C)NCCC)cc1Cl. The molecule has 0 radical (unpaired) electrons. The van der Waals surface area contributed by atoms with Gasteiger partial charge in [-0.05, 0) is 37.6 Å². The lowest BCUT2D eigenvalue weighted by Gasteiger charge is -2.15. The molecular weight excluding hydrogens is 246 g/mol. The van der Waals surface area contributed by atoms with Gasteiger partial charge in [0.15, 0.2) is 0 Å². The van der Waals surface area contributed by atoms with E-state index in [0.29, 0.717) is 29.8 Å². The van der Waals surface area contributed by atoms with E-state index >= 15 is 0 Å². The number of ether oxygens (including phenoxy) is 1. The van der Waals surface area contributed by atoms with Gasteiger partial charge in [0.1, 0.15) is 5.75 Å². The Hall–Kier alpha value is -1.17. The molecule has 1 aromatic rings. The summed E-state index contributed by atoms with van der Waals surface area (Å²) in [6.45, 7) is 5.77. The predicted octanol–water partition coefficient (Wildman–Crippen LogP) is 3.80. The Morgan fingerprint density at radius 1 is 1.50 bits per heavy atom.